The summed E-state index contributed by atoms with van der Waals surface area (Å²) in [6.45, 7) is 4.83. The van der Waals surface area contributed by atoms with Gasteiger partial charge in [0.15, 0.2) is 0 Å². The predicted octanol–water partition coefficient (Wildman–Crippen LogP) is 3.89. The number of ether oxygens (including phenoxy) is 2. The molecule has 3 heteroatoms. The summed E-state index contributed by atoms with van der Waals surface area (Å²) in [6.07, 6.45) is 0. The van der Waals surface area contributed by atoms with E-state index in [0.29, 0.717) is 12.5 Å². The van der Waals surface area contributed by atoms with E-state index in [1.807, 2.05) is 42.5 Å². The molecule has 0 radical (unpaired) electrons. The summed E-state index contributed by atoms with van der Waals surface area (Å²) in [4.78, 5) is 0. The molecule has 0 fully saturated rings. The van der Waals surface area contributed by atoms with Gasteiger partial charge in [0.1, 0.15) is 11.5 Å². The second-order valence-corrected chi connectivity index (χ2v) is 5.41. The van der Waals surface area contributed by atoms with Crippen molar-refractivity contribution in [2.24, 2.45) is 5.92 Å². The Morgan fingerprint density at radius 1 is 1.00 bits per heavy atom. The molecular weight excluding hydrogens is 264 g/mol. The van der Waals surface area contributed by atoms with Crippen molar-refractivity contribution in [3.8, 4) is 22.6 Å². The normalized spacial score (nSPS) is 10.7. The number of benzene rings is 2. The molecular formula is C18H22O3. The van der Waals surface area contributed by atoms with Gasteiger partial charge in [-0.05, 0) is 35.2 Å². The van der Waals surface area contributed by atoms with E-state index in [0.717, 1.165) is 28.2 Å². The molecule has 0 aliphatic heterocycles. The van der Waals surface area contributed by atoms with E-state index >= 15 is 0 Å². The monoisotopic (exact) mass is 286 g/mol. The molecule has 0 bridgehead atoms. The Morgan fingerprint density at radius 2 is 1.67 bits per heavy atom. The molecule has 0 aromatic heterocycles. The summed E-state index contributed by atoms with van der Waals surface area (Å²) in [5.41, 5.74) is 2.97. The van der Waals surface area contributed by atoms with Crippen LogP contribution in [0.2, 0.25) is 0 Å². The number of methoxy groups -OCH3 is 1. The zero-order valence-electron chi connectivity index (χ0n) is 12.8. The maximum atomic E-state index is 9.42. The quantitative estimate of drug-likeness (QED) is 0.875. The molecule has 0 spiro atoms. The van der Waals surface area contributed by atoms with Crippen LogP contribution in [-0.4, -0.2) is 18.8 Å². The van der Waals surface area contributed by atoms with Crippen LogP contribution < -0.4 is 9.47 Å². The third-order valence-corrected chi connectivity index (χ3v) is 3.23. The molecule has 112 valence electrons. The Kier molecular flexibility index (Phi) is 5.23. The molecule has 0 saturated heterocycles. The zero-order chi connectivity index (χ0) is 15.2. The van der Waals surface area contributed by atoms with Crippen molar-refractivity contribution in [2.75, 3.05) is 13.7 Å². The van der Waals surface area contributed by atoms with Crippen molar-refractivity contribution in [3.05, 3.63) is 48.0 Å². The maximum absolute atomic E-state index is 9.42. The first-order chi connectivity index (χ1) is 10.1. The fourth-order valence-electron chi connectivity index (χ4n) is 2.04. The third kappa shape index (κ3) is 3.99. The van der Waals surface area contributed by atoms with E-state index in [2.05, 4.69) is 13.8 Å². The Labute approximate surface area is 126 Å². The minimum Gasteiger partial charge on any atom is -0.497 e. The Hall–Kier alpha value is -2.00. The fourth-order valence-corrected chi connectivity index (χ4v) is 2.04. The Balaban J connectivity index is 2.28. The highest BCUT2D eigenvalue weighted by atomic mass is 16.5. The van der Waals surface area contributed by atoms with Crippen molar-refractivity contribution in [3.63, 3.8) is 0 Å². The average molecular weight is 286 g/mol. The van der Waals surface area contributed by atoms with Crippen LogP contribution in [0.1, 0.15) is 19.4 Å². The van der Waals surface area contributed by atoms with Crippen LogP contribution >= 0.6 is 0 Å². The molecule has 21 heavy (non-hydrogen) atoms. The van der Waals surface area contributed by atoms with Gasteiger partial charge in [0.05, 0.1) is 20.3 Å². The average Bonchev–Trinajstić information content (AvgIpc) is 2.52. The largest absolute Gasteiger partial charge is 0.497 e. The van der Waals surface area contributed by atoms with Crippen LogP contribution in [0.4, 0.5) is 0 Å². The molecule has 0 amide bonds. The highest BCUT2D eigenvalue weighted by Crippen LogP contribution is 2.29. The molecule has 0 atom stereocenters. The summed E-state index contributed by atoms with van der Waals surface area (Å²) in [5, 5.41) is 9.42. The van der Waals surface area contributed by atoms with E-state index < -0.39 is 0 Å². The van der Waals surface area contributed by atoms with Crippen molar-refractivity contribution in [1.82, 2.24) is 0 Å². The standard InChI is InChI=1S/C18H22O3/c1-13(2)12-21-18-10-15(4-5-16(18)11-19)14-6-8-17(20-3)9-7-14/h4-10,13,19H,11-12H2,1-3H3. The summed E-state index contributed by atoms with van der Waals surface area (Å²) in [6, 6.07) is 13.8. The molecule has 2 rings (SSSR count). The van der Waals surface area contributed by atoms with Gasteiger partial charge >= 0.3 is 0 Å². The molecule has 0 saturated carbocycles. The van der Waals surface area contributed by atoms with Gasteiger partial charge < -0.3 is 14.6 Å². The molecule has 1 N–H and O–H groups in total. The first-order valence-corrected chi connectivity index (χ1v) is 7.15. The van der Waals surface area contributed by atoms with Crippen LogP contribution in [0.15, 0.2) is 42.5 Å². The molecule has 0 aliphatic rings. The minimum atomic E-state index is -0.0175. The number of aliphatic hydroxyl groups is 1. The first kappa shape index (κ1) is 15.4. The van der Waals surface area contributed by atoms with E-state index in [-0.39, 0.29) is 6.61 Å². The Bertz CT molecular complexity index is 574. The van der Waals surface area contributed by atoms with Gasteiger partial charge in [-0.2, -0.15) is 0 Å². The molecule has 0 aliphatic carbocycles. The van der Waals surface area contributed by atoms with Gasteiger partial charge in [0.2, 0.25) is 0 Å². The van der Waals surface area contributed by atoms with Gasteiger partial charge in [-0.3, -0.25) is 0 Å². The molecule has 2 aromatic rings. The van der Waals surface area contributed by atoms with Crippen LogP contribution in [0, 0.1) is 5.92 Å². The third-order valence-electron chi connectivity index (χ3n) is 3.23. The van der Waals surface area contributed by atoms with Gasteiger partial charge in [-0.1, -0.05) is 38.1 Å². The molecule has 0 unspecified atom stereocenters. The van der Waals surface area contributed by atoms with E-state index in [9.17, 15) is 5.11 Å². The number of hydrogen-bond donors (Lipinski definition) is 1. The van der Waals surface area contributed by atoms with E-state index in [1.165, 1.54) is 0 Å². The lowest BCUT2D eigenvalue weighted by atomic mass is 10.0. The topological polar surface area (TPSA) is 38.7 Å². The molecule has 0 heterocycles. The predicted molar refractivity (Wildman–Crippen MR) is 84.7 cm³/mol. The van der Waals surface area contributed by atoms with Crippen molar-refractivity contribution in [1.29, 1.82) is 0 Å². The van der Waals surface area contributed by atoms with Gasteiger partial charge in [0.25, 0.3) is 0 Å². The highest BCUT2D eigenvalue weighted by Gasteiger charge is 2.07. The van der Waals surface area contributed by atoms with Crippen molar-refractivity contribution >= 4 is 0 Å². The van der Waals surface area contributed by atoms with Crippen LogP contribution in [0.25, 0.3) is 11.1 Å². The summed E-state index contributed by atoms with van der Waals surface area (Å²) in [7, 11) is 1.66. The van der Waals surface area contributed by atoms with E-state index in [4.69, 9.17) is 9.47 Å². The van der Waals surface area contributed by atoms with Crippen LogP contribution in [0.3, 0.4) is 0 Å². The van der Waals surface area contributed by atoms with Crippen molar-refractivity contribution in [2.45, 2.75) is 20.5 Å². The minimum absolute atomic E-state index is 0.0175. The lowest BCUT2D eigenvalue weighted by molar-refractivity contribution is 0.246. The SMILES string of the molecule is COc1ccc(-c2ccc(CO)c(OCC(C)C)c2)cc1. The number of hydrogen-bond acceptors (Lipinski definition) is 3. The van der Waals surface area contributed by atoms with Crippen LogP contribution in [-0.2, 0) is 6.61 Å². The van der Waals surface area contributed by atoms with Crippen molar-refractivity contribution < 1.29 is 14.6 Å². The Morgan fingerprint density at radius 3 is 2.24 bits per heavy atom. The van der Waals surface area contributed by atoms with Crippen LogP contribution in [0.5, 0.6) is 11.5 Å². The lowest BCUT2D eigenvalue weighted by Gasteiger charge is -2.14. The summed E-state index contributed by atoms with van der Waals surface area (Å²) >= 11 is 0. The van der Waals surface area contributed by atoms with Gasteiger partial charge in [-0.15, -0.1) is 0 Å². The smallest absolute Gasteiger partial charge is 0.125 e. The molecule has 2 aromatic carbocycles. The number of rotatable bonds is 6. The summed E-state index contributed by atoms with van der Waals surface area (Å²) < 4.78 is 11.0. The lowest BCUT2D eigenvalue weighted by Crippen LogP contribution is -2.06. The number of aliphatic hydroxyl groups excluding tert-OH is 1. The van der Waals surface area contributed by atoms with Gasteiger partial charge in [-0.25, -0.2) is 0 Å². The van der Waals surface area contributed by atoms with E-state index in [1.54, 1.807) is 7.11 Å². The highest BCUT2D eigenvalue weighted by molar-refractivity contribution is 5.66. The zero-order valence-corrected chi connectivity index (χ0v) is 12.8. The maximum Gasteiger partial charge on any atom is 0.125 e. The second kappa shape index (κ2) is 7.14. The first-order valence-electron chi connectivity index (χ1n) is 7.15. The summed E-state index contributed by atoms with van der Waals surface area (Å²) in [5.74, 6) is 2.03. The van der Waals surface area contributed by atoms with Gasteiger partial charge in [0, 0.05) is 5.56 Å². The molecule has 3 nitrogen and oxygen atoms in total. The second-order valence-electron chi connectivity index (χ2n) is 5.41. The fraction of sp³-hybridized carbons (Fsp3) is 0.333.